The zero-order valence-corrected chi connectivity index (χ0v) is 20.2. The molecule has 5 rings (SSSR count). The largest absolute Gasteiger partial charge is 0.207 e. The van der Waals surface area contributed by atoms with Crippen molar-refractivity contribution in [2.45, 2.75) is 0 Å². The number of halogens is 2. The summed E-state index contributed by atoms with van der Waals surface area (Å²) in [7, 11) is 0. The quantitative estimate of drug-likeness (QED) is 0.358. The van der Waals surface area contributed by atoms with Crippen LogP contribution in [0.4, 0.5) is 8.78 Å². The lowest BCUT2D eigenvalue weighted by atomic mass is 9.89. The van der Waals surface area contributed by atoms with Gasteiger partial charge in [-0.05, 0) is 46.5 Å². The molecule has 3 aromatic rings. The Balaban J connectivity index is 1.75. The van der Waals surface area contributed by atoms with E-state index in [1.54, 1.807) is 24.3 Å². The van der Waals surface area contributed by atoms with Gasteiger partial charge in [0.15, 0.2) is 0 Å². The van der Waals surface area contributed by atoms with Crippen molar-refractivity contribution in [3.63, 3.8) is 0 Å². The average Bonchev–Trinajstić information content (AvgIpc) is 3.46. The minimum Gasteiger partial charge on any atom is -0.207 e. The Labute approximate surface area is 227 Å². The molecule has 2 aliphatic rings. The summed E-state index contributed by atoms with van der Waals surface area (Å²) in [5.74, 6) is -1.17. The molecule has 0 N–H and O–H groups in total. The number of rotatable bonds is 2. The first kappa shape index (κ1) is 25.1. The van der Waals surface area contributed by atoms with E-state index in [1.165, 1.54) is 36.4 Å². The molecule has 0 aromatic heterocycles. The van der Waals surface area contributed by atoms with Crippen LogP contribution in [0.1, 0.15) is 33.4 Å². The molecular formula is C32H10F2N6. The van der Waals surface area contributed by atoms with E-state index >= 15 is 0 Å². The molecule has 6 nitrogen and oxygen atoms in total. The van der Waals surface area contributed by atoms with Crippen molar-refractivity contribution < 1.29 is 8.78 Å². The fourth-order valence-corrected chi connectivity index (χ4v) is 5.08. The van der Waals surface area contributed by atoms with E-state index in [2.05, 4.69) is 12.1 Å². The van der Waals surface area contributed by atoms with Crippen LogP contribution in [-0.4, -0.2) is 0 Å². The molecule has 2 aliphatic carbocycles. The molecule has 0 saturated heterocycles. The smallest absolute Gasteiger partial charge is 0.138 e. The van der Waals surface area contributed by atoms with Crippen molar-refractivity contribution in [3.8, 4) is 36.4 Å². The number of fused-ring (bicyclic) bond motifs is 2. The maximum Gasteiger partial charge on any atom is 0.138 e. The van der Waals surface area contributed by atoms with E-state index in [0.717, 1.165) is 0 Å². The zero-order chi connectivity index (χ0) is 28.6. The van der Waals surface area contributed by atoms with E-state index in [9.17, 15) is 40.4 Å². The van der Waals surface area contributed by atoms with Crippen molar-refractivity contribution in [1.82, 2.24) is 0 Å². The number of allylic oxidation sites excluding steroid dienone is 8. The average molecular weight is 516 g/mol. The Kier molecular flexibility index (Phi) is 6.09. The summed E-state index contributed by atoms with van der Waals surface area (Å²) in [5.41, 5.74) is 2.69. The molecule has 0 radical (unpaired) electrons. The van der Waals surface area contributed by atoms with Gasteiger partial charge in [0, 0.05) is 33.4 Å². The second kappa shape index (κ2) is 9.71. The van der Waals surface area contributed by atoms with Crippen LogP contribution in [0, 0.1) is 79.6 Å². The van der Waals surface area contributed by atoms with Crippen LogP contribution in [0.5, 0.6) is 0 Å². The van der Waals surface area contributed by atoms with E-state index < -0.39 is 11.6 Å². The third-order valence-corrected chi connectivity index (χ3v) is 6.67. The van der Waals surface area contributed by atoms with Crippen LogP contribution in [0.2, 0.25) is 0 Å². The molecule has 182 valence electrons. The summed E-state index contributed by atoms with van der Waals surface area (Å²) in [5, 5.41) is 58.5. The van der Waals surface area contributed by atoms with Gasteiger partial charge in [0.2, 0.25) is 0 Å². The molecule has 0 fully saturated rings. The van der Waals surface area contributed by atoms with Gasteiger partial charge in [0.05, 0.1) is 11.1 Å². The number of benzene rings is 3. The molecule has 40 heavy (non-hydrogen) atoms. The summed E-state index contributed by atoms with van der Waals surface area (Å²) in [6, 6.07) is 25.4. The molecule has 0 aliphatic heterocycles. The lowest BCUT2D eigenvalue weighted by Crippen LogP contribution is -1.94. The molecule has 0 unspecified atom stereocenters. The van der Waals surface area contributed by atoms with E-state index in [1.807, 2.05) is 24.3 Å². The van der Waals surface area contributed by atoms with Crippen LogP contribution in [0.3, 0.4) is 0 Å². The van der Waals surface area contributed by atoms with Gasteiger partial charge in [-0.25, -0.2) is 8.78 Å². The molecule has 0 heterocycles. The van der Waals surface area contributed by atoms with Crippen LogP contribution >= 0.6 is 0 Å². The zero-order valence-electron chi connectivity index (χ0n) is 20.2. The van der Waals surface area contributed by atoms with Crippen LogP contribution < -0.4 is 0 Å². The normalized spacial score (nSPS) is 12.8. The lowest BCUT2D eigenvalue weighted by molar-refractivity contribution is 0.627. The fourth-order valence-electron chi connectivity index (χ4n) is 5.08. The van der Waals surface area contributed by atoms with Gasteiger partial charge >= 0.3 is 0 Å². The standard InChI is InChI=1S/C32H10F2N6/c33-21-5-7-23-25(9-21)27(15-39)29(31(23)19(11-35)12-36)17-1-2-18(4-3-17)30-28(16-40)26-10-22(34)6-8-24(26)32(30)20(13-37)14-38/h1-10H. The van der Waals surface area contributed by atoms with Crippen LogP contribution in [0.15, 0.2) is 71.8 Å². The summed E-state index contributed by atoms with van der Waals surface area (Å²) in [6.45, 7) is 0. The van der Waals surface area contributed by atoms with E-state index in [-0.39, 0.29) is 55.7 Å². The van der Waals surface area contributed by atoms with Gasteiger partial charge in [0.25, 0.3) is 0 Å². The van der Waals surface area contributed by atoms with Crippen molar-refractivity contribution in [2.24, 2.45) is 0 Å². The highest BCUT2D eigenvalue weighted by molar-refractivity contribution is 6.27. The van der Waals surface area contributed by atoms with Gasteiger partial charge in [-0.3, -0.25) is 0 Å². The Morgan fingerprint density at radius 2 is 0.825 bits per heavy atom. The second-order valence-corrected chi connectivity index (χ2v) is 8.63. The Bertz CT molecular complexity index is 1890. The van der Waals surface area contributed by atoms with Crippen molar-refractivity contribution in [3.05, 3.63) is 117 Å². The molecule has 3 aromatic carbocycles. The molecule has 0 saturated carbocycles. The molecule has 8 heteroatoms. The van der Waals surface area contributed by atoms with E-state index in [4.69, 9.17) is 0 Å². The lowest BCUT2D eigenvalue weighted by Gasteiger charge is -2.12. The highest BCUT2D eigenvalue weighted by Crippen LogP contribution is 2.50. The molecule has 0 atom stereocenters. The van der Waals surface area contributed by atoms with Crippen molar-refractivity contribution >= 4 is 33.4 Å². The maximum atomic E-state index is 14.1. The molecule has 0 amide bonds. The first-order valence-electron chi connectivity index (χ1n) is 11.5. The summed E-state index contributed by atoms with van der Waals surface area (Å²) in [6.07, 6.45) is 0. The first-order valence-corrected chi connectivity index (χ1v) is 11.5. The predicted molar refractivity (Wildman–Crippen MR) is 140 cm³/mol. The highest BCUT2D eigenvalue weighted by Gasteiger charge is 2.33. The van der Waals surface area contributed by atoms with Crippen LogP contribution in [0.25, 0.3) is 33.4 Å². The number of hydrogen-bond donors (Lipinski definition) is 0. The Hall–Kier alpha value is -6.58. The number of nitriles is 6. The third kappa shape index (κ3) is 3.64. The number of nitrogens with zero attached hydrogens (tertiary/aromatic N) is 6. The van der Waals surface area contributed by atoms with Gasteiger partial charge in [-0.15, -0.1) is 0 Å². The van der Waals surface area contributed by atoms with Crippen molar-refractivity contribution in [2.75, 3.05) is 0 Å². The molecular weight excluding hydrogens is 506 g/mol. The maximum absolute atomic E-state index is 14.1. The van der Waals surface area contributed by atoms with Gasteiger partial charge in [-0.2, -0.15) is 31.6 Å². The Morgan fingerprint density at radius 3 is 1.12 bits per heavy atom. The Morgan fingerprint density at radius 1 is 0.475 bits per heavy atom. The minimum atomic E-state index is -0.587. The third-order valence-electron chi connectivity index (χ3n) is 6.67. The van der Waals surface area contributed by atoms with Gasteiger partial charge in [-0.1, -0.05) is 36.4 Å². The highest BCUT2D eigenvalue weighted by atomic mass is 19.1. The van der Waals surface area contributed by atoms with Crippen LogP contribution in [-0.2, 0) is 0 Å². The summed E-state index contributed by atoms with van der Waals surface area (Å²) < 4.78 is 28.2. The first-order chi connectivity index (χ1) is 19.4. The predicted octanol–water partition coefficient (Wildman–Crippen LogP) is 6.46. The summed E-state index contributed by atoms with van der Waals surface area (Å²) >= 11 is 0. The van der Waals surface area contributed by atoms with E-state index in [0.29, 0.717) is 22.3 Å². The monoisotopic (exact) mass is 516 g/mol. The second-order valence-electron chi connectivity index (χ2n) is 8.63. The molecule has 0 spiro atoms. The molecule has 0 bridgehead atoms. The number of hydrogen-bond acceptors (Lipinski definition) is 6. The summed E-state index contributed by atoms with van der Waals surface area (Å²) in [4.78, 5) is 0. The van der Waals surface area contributed by atoms with Crippen molar-refractivity contribution in [1.29, 1.82) is 31.6 Å². The SMILES string of the molecule is N#CC(C#N)=C1C(c2ccc(C3=C(C#N)c4cc(F)ccc4C3=C(C#N)C#N)cc2)=C(C#N)c2cc(F)ccc21. The topological polar surface area (TPSA) is 143 Å². The minimum absolute atomic E-state index is 0.0813. The van der Waals surface area contributed by atoms with Gasteiger partial charge < -0.3 is 0 Å². The fraction of sp³-hybridized carbons (Fsp3) is 0. The van der Waals surface area contributed by atoms with Gasteiger partial charge in [0.1, 0.15) is 59.2 Å².